The van der Waals surface area contributed by atoms with E-state index in [2.05, 4.69) is 31.0 Å². The van der Waals surface area contributed by atoms with Gasteiger partial charge in [-0.05, 0) is 49.1 Å². The van der Waals surface area contributed by atoms with Crippen LogP contribution in [0, 0.1) is 5.92 Å². The van der Waals surface area contributed by atoms with Crippen LogP contribution in [0.4, 0.5) is 5.69 Å². The Labute approximate surface area is 185 Å². The number of anilines is 1. The number of nitrogens with zero attached hydrogens (tertiary/aromatic N) is 3. The molecule has 0 bridgehead atoms. The van der Waals surface area contributed by atoms with Crippen LogP contribution in [0.2, 0.25) is 0 Å². The maximum Gasteiger partial charge on any atom is 0.262 e. The predicted molar refractivity (Wildman–Crippen MR) is 123 cm³/mol. The van der Waals surface area contributed by atoms with Crippen LogP contribution in [0.3, 0.4) is 0 Å². The number of aromatic nitrogens is 4. The van der Waals surface area contributed by atoms with Crippen LogP contribution in [0.15, 0.2) is 65.8 Å². The highest BCUT2D eigenvalue weighted by Gasteiger charge is 2.19. The Morgan fingerprint density at radius 3 is 2.59 bits per heavy atom. The summed E-state index contributed by atoms with van der Waals surface area (Å²) < 4.78 is 33.5. The largest absolute Gasteiger partial charge is 0.480 e. The number of methoxy groups -OCH3 is 1. The van der Waals surface area contributed by atoms with Crippen molar-refractivity contribution in [2.24, 2.45) is 5.92 Å². The molecule has 0 aliphatic heterocycles. The summed E-state index contributed by atoms with van der Waals surface area (Å²) >= 11 is 0. The minimum absolute atomic E-state index is 0.154. The smallest absolute Gasteiger partial charge is 0.262 e. The monoisotopic (exact) mass is 447 g/mol. The first-order valence-corrected chi connectivity index (χ1v) is 11.7. The van der Waals surface area contributed by atoms with Crippen LogP contribution in [0.5, 0.6) is 5.88 Å². The van der Waals surface area contributed by atoms with E-state index >= 15 is 0 Å². The van der Waals surface area contributed by atoms with Crippen LogP contribution < -0.4 is 9.46 Å². The quantitative estimate of drug-likeness (QED) is 0.438. The Bertz CT molecular complexity index is 1410. The molecular formula is C23H21N5O3S. The van der Waals surface area contributed by atoms with E-state index in [1.165, 1.54) is 32.1 Å². The highest BCUT2D eigenvalue weighted by molar-refractivity contribution is 7.92. The molecule has 1 aliphatic carbocycles. The van der Waals surface area contributed by atoms with Gasteiger partial charge in [0, 0.05) is 28.9 Å². The van der Waals surface area contributed by atoms with Gasteiger partial charge < -0.3 is 4.74 Å². The molecule has 1 aliphatic rings. The van der Waals surface area contributed by atoms with Gasteiger partial charge in [-0.2, -0.15) is 5.10 Å². The van der Waals surface area contributed by atoms with Crippen molar-refractivity contribution in [3.63, 3.8) is 0 Å². The summed E-state index contributed by atoms with van der Waals surface area (Å²) in [7, 11) is -2.35. The summed E-state index contributed by atoms with van der Waals surface area (Å²) in [6.07, 6.45) is 9.97. The standard InChI is InChI=1S/C23H21N5O3S/c1-31-23-21(28-32(29,30)18-5-3-2-4-6-18)12-17(14-25-23)16-11-19-20(10-9-15-7-8-15)26-27-22(19)24-13-16/h2-6,9-15,28H,7-8H2,1H3,(H,24,26,27). The molecule has 5 rings (SSSR count). The highest BCUT2D eigenvalue weighted by atomic mass is 32.2. The van der Waals surface area contributed by atoms with E-state index < -0.39 is 10.0 Å². The van der Waals surface area contributed by atoms with E-state index in [9.17, 15) is 8.42 Å². The number of benzene rings is 1. The summed E-state index contributed by atoms with van der Waals surface area (Å²) in [5, 5.41) is 8.20. The number of nitrogens with one attached hydrogen (secondary N) is 2. The molecule has 3 aromatic heterocycles. The molecule has 1 fully saturated rings. The molecule has 2 N–H and O–H groups in total. The lowest BCUT2D eigenvalue weighted by atomic mass is 10.1. The van der Waals surface area contributed by atoms with Gasteiger partial charge >= 0.3 is 0 Å². The number of ether oxygens (including phenoxy) is 1. The third-order valence-electron chi connectivity index (χ3n) is 5.27. The maximum atomic E-state index is 12.8. The summed E-state index contributed by atoms with van der Waals surface area (Å²) in [4.78, 5) is 8.91. The van der Waals surface area contributed by atoms with Gasteiger partial charge in [-0.15, -0.1) is 0 Å². The van der Waals surface area contributed by atoms with Gasteiger partial charge in [0.25, 0.3) is 10.0 Å². The molecule has 1 aromatic carbocycles. The number of allylic oxidation sites excluding steroid dienone is 1. The molecule has 32 heavy (non-hydrogen) atoms. The van der Waals surface area contributed by atoms with Crippen molar-refractivity contribution in [1.29, 1.82) is 0 Å². The van der Waals surface area contributed by atoms with Gasteiger partial charge in [-0.25, -0.2) is 18.4 Å². The number of aromatic amines is 1. The van der Waals surface area contributed by atoms with E-state index in [1.807, 2.05) is 12.1 Å². The van der Waals surface area contributed by atoms with Gasteiger partial charge in [-0.1, -0.05) is 24.3 Å². The lowest BCUT2D eigenvalue weighted by molar-refractivity contribution is 0.400. The zero-order chi connectivity index (χ0) is 22.1. The third-order valence-corrected chi connectivity index (χ3v) is 6.65. The van der Waals surface area contributed by atoms with E-state index in [1.54, 1.807) is 36.7 Å². The van der Waals surface area contributed by atoms with Crippen molar-refractivity contribution in [2.45, 2.75) is 17.7 Å². The fraction of sp³-hybridized carbons (Fsp3) is 0.174. The van der Waals surface area contributed by atoms with Crippen molar-refractivity contribution in [2.75, 3.05) is 11.8 Å². The van der Waals surface area contributed by atoms with Crippen LogP contribution in [0.25, 0.3) is 28.2 Å². The number of hydrogen-bond donors (Lipinski definition) is 2. The molecule has 0 atom stereocenters. The molecule has 3 heterocycles. The molecular weight excluding hydrogens is 426 g/mol. The Kier molecular flexibility index (Phi) is 5.10. The fourth-order valence-corrected chi connectivity index (χ4v) is 4.44. The third kappa shape index (κ3) is 4.06. The topological polar surface area (TPSA) is 110 Å². The molecule has 8 nitrogen and oxygen atoms in total. The Balaban J connectivity index is 1.51. The molecule has 0 amide bonds. The normalized spacial score (nSPS) is 14.2. The average Bonchev–Trinajstić information content (AvgIpc) is 3.56. The fourth-order valence-electron chi connectivity index (χ4n) is 3.37. The van der Waals surface area contributed by atoms with Crippen molar-refractivity contribution < 1.29 is 13.2 Å². The number of rotatable bonds is 7. The maximum absolute atomic E-state index is 12.8. The molecule has 9 heteroatoms. The summed E-state index contributed by atoms with van der Waals surface area (Å²) in [5.41, 5.74) is 3.25. The number of pyridine rings is 2. The van der Waals surface area contributed by atoms with Crippen LogP contribution in [-0.4, -0.2) is 35.7 Å². The van der Waals surface area contributed by atoms with E-state index in [-0.39, 0.29) is 16.5 Å². The summed E-state index contributed by atoms with van der Waals surface area (Å²) in [6.45, 7) is 0. The van der Waals surface area contributed by atoms with Gasteiger partial charge in [0.1, 0.15) is 5.69 Å². The van der Waals surface area contributed by atoms with Crippen molar-refractivity contribution in [3.8, 4) is 17.0 Å². The highest BCUT2D eigenvalue weighted by Crippen LogP contribution is 2.33. The summed E-state index contributed by atoms with van der Waals surface area (Å²) in [5.74, 6) is 0.822. The van der Waals surface area contributed by atoms with Gasteiger partial charge in [-0.3, -0.25) is 9.82 Å². The van der Waals surface area contributed by atoms with Crippen molar-refractivity contribution >= 4 is 32.8 Å². The number of fused-ring (bicyclic) bond motifs is 1. The number of hydrogen-bond acceptors (Lipinski definition) is 6. The SMILES string of the molecule is COc1ncc(-c2cnc3[nH]nc(C=CC4CC4)c3c2)cc1NS(=O)(=O)c1ccccc1. The Morgan fingerprint density at radius 2 is 1.84 bits per heavy atom. The Hall–Kier alpha value is -3.72. The second-order valence-corrected chi connectivity index (χ2v) is 9.31. The van der Waals surface area contributed by atoms with E-state index in [0.717, 1.165) is 16.6 Å². The predicted octanol–water partition coefficient (Wildman–Crippen LogP) is 4.25. The second kappa shape index (κ2) is 8.08. The number of H-pyrrole nitrogens is 1. The minimum atomic E-state index is -3.80. The average molecular weight is 448 g/mol. The van der Waals surface area contributed by atoms with Crippen LogP contribution in [-0.2, 0) is 10.0 Å². The van der Waals surface area contributed by atoms with Crippen LogP contribution in [0.1, 0.15) is 18.5 Å². The first-order valence-electron chi connectivity index (χ1n) is 10.2. The molecule has 0 radical (unpaired) electrons. The van der Waals surface area contributed by atoms with Crippen molar-refractivity contribution in [3.05, 3.63) is 66.6 Å². The lowest BCUT2D eigenvalue weighted by Gasteiger charge is -2.12. The number of sulfonamides is 1. The molecule has 1 saturated carbocycles. The van der Waals surface area contributed by atoms with Gasteiger partial charge in [0.05, 0.1) is 17.7 Å². The zero-order valence-electron chi connectivity index (χ0n) is 17.3. The second-order valence-electron chi connectivity index (χ2n) is 7.62. The van der Waals surface area contributed by atoms with Crippen molar-refractivity contribution in [1.82, 2.24) is 20.2 Å². The lowest BCUT2D eigenvalue weighted by Crippen LogP contribution is -2.14. The summed E-state index contributed by atoms with van der Waals surface area (Å²) in [6, 6.07) is 11.8. The molecule has 0 saturated heterocycles. The Morgan fingerprint density at radius 1 is 1.09 bits per heavy atom. The van der Waals surface area contributed by atoms with Crippen LogP contribution >= 0.6 is 0 Å². The molecule has 0 spiro atoms. The van der Waals surface area contributed by atoms with Gasteiger partial charge in [0.15, 0.2) is 5.65 Å². The first kappa shape index (κ1) is 20.2. The molecule has 162 valence electrons. The van der Waals surface area contributed by atoms with E-state index in [0.29, 0.717) is 17.1 Å². The zero-order valence-corrected chi connectivity index (χ0v) is 18.1. The first-order chi connectivity index (χ1) is 15.5. The van der Waals surface area contributed by atoms with Gasteiger partial charge in [0.2, 0.25) is 5.88 Å². The van der Waals surface area contributed by atoms with E-state index in [4.69, 9.17) is 4.74 Å². The molecule has 0 unspecified atom stereocenters. The minimum Gasteiger partial charge on any atom is -0.480 e. The molecule has 4 aromatic rings.